The van der Waals surface area contributed by atoms with Crippen LogP contribution < -0.4 is 19.9 Å². The van der Waals surface area contributed by atoms with E-state index in [1.54, 1.807) is 23.9 Å². The Kier molecular flexibility index (Phi) is 6.92. The Bertz CT molecular complexity index is 1110. The van der Waals surface area contributed by atoms with Gasteiger partial charge >= 0.3 is 6.36 Å². The molecule has 0 aliphatic carbocycles. The minimum atomic E-state index is -4.85. The highest BCUT2D eigenvalue weighted by molar-refractivity contribution is 6.03. The number of ketones is 1. The molecule has 2 aromatic rings. The number of anilines is 2. The van der Waals surface area contributed by atoms with E-state index in [-0.39, 0.29) is 30.5 Å². The summed E-state index contributed by atoms with van der Waals surface area (Å²) >= 11 is 0. The van der Waals surface area contributed by atoms with Gasteiger partial charge in [0, 0.05) is 39.0 Å². The number of Topliss-reactive ketones (excluding diaryl/α,β-unsaturated/α-hetero) is 1. The second kappa shape index (κ2) is 9.65. The lowest BCUT2D eigenvalue weighted by atomic mass is 10.1. The molecule has 0 aromatic heterocycles. The molecule has 2 aromatic carbocycles. The van der Waals surface area contributed by atoms with Crippen molar-refractivity contribution in [3.63, 3.8) is 0 Å². The van der Waals surface area contributed by atoms with Crippen molar-refractivity contribution in [2.24, 2.45) is 0 Å². The maximum Gasteiger partial charge on any atom is 0.573 e. The number of nitriles is 1. The molecule has 1 aliphatic rings. The predicted octanol–water partition coefficient (Wildman–Crippen LogP) is 3.87. The number of hydrogen-bond acceptors (Lipinski definition) is 6. The molecule has 0 saturated carbocycles. The molecule has 0 saturated heterocycles. The maximum absolute atomic E-state index is 12.7. The number of nitrogens with zero attached hydrogens (tertiary/aromatic N) is 3. The molecule has 10 heteroatoms. The highest BCUT2D eigenvalue weighted by Gasteiger charge is 2.32. The summed E-state index contributed by atoms with van der Waals surface area (Å²) in [4.78, 5) is 28.4. The van der Waals surface area contributed by atoms with E-state index < -0.39 is 23.8 Å². The second-order valence-corrected chi connectivity index (χ2v) is 7.27. The molecule has 1 aliphatic heterocycles. The van der Waals surface area contributed by atoms with E-state index >= 15 is 0 Å². The van der Waals surface area contributed by atoms with Crippen LogP contribution in [0, 0.1) is 11.3 Å². The first kappa shape index (κ1) is 23.7. The Morgan fingerprint density at radius 3 is 2.15 bits per heavy atom. The lowest BCUT2D eigenvalue weighted by Gasteiger charge is -2.19. The van der Waals surface area contributed by atoms with Crippen LogP contribution in [0.5, 0.6) is 5.75 Å². The average Bonchev–Trinajstić information content (AvgIpc) is 3.02. The molecule has 1 amide bonds. The van der Waals surface area contributed by atoms with Crippen molar-refractivity contribution in [2.45, 2.75) is 25.7 Å². The van der Waals surface area contributed by atoms with Crippen molar-refractivity contribution in [2.75, 3.05) is 23.9 Å². The monoisotopic (exact) mass is 458 g/mol. The normalized spacial score (nSPS) is 12.8. The molecule has 0 bridgehead atoms. The highest BCUT2D eigenvalue weighted by Crippen LogP contribution is 2.40. The summed E-state index contributed by atoms with van der Waals surface area (Å²) in [5.74, 6) is -1.04. The van der Waals surface area contributed by atoms with Crippen LogP contribution in [-0.4, -0.2) is 32.1 Å². The number of hydrogen-bond donors (Lipinski definition) is 1. The van der Waals surface area contributed by atoms with Gasteiger partial charge in [0.05, 0.1) is 11.4 Å². The summed E-state index contributed by atoms with van der Waals surface area (Å²) < 4.78 is 41.5. The Balaban J connectivity index is 1.63. The molecule has 3 rings (SSSR count). The van der Waals surface area contributed by atoms with Gasteiger partial charge in [-0.05, 0) is 18.2 Å². The van der Waals surface area contributed by atoms with E-state index in [9.17, 15) is 28.0 Å². The lowest BCUT2D eigenvalue weighted by Crippen LogP contribution is -2.27. The fourth-order valence-corrected chi connectivity index (χ4v) is 3.57. The molecule has 0 atom stereocenters. The summed E-state index contributed by atoms with van der Waals surface area (Å²) in [5.41, 5.74) is 1.75. The Hall–Kier alpha value is -4.00. The first-order valence-corrected chi connectivity index (χ1v) is 9.96. The quantitative estimate of drug-likeness (QED) is 0.501. The second-order valence-electron chi connectivity index (χ2n) is 7.27. The van der Waals surface area contributed by atoms with Crippen molar-refractivity contribution in [3.8, 4) is 11.8 Å². The Morgan fingerprint density at radius 1 is 1.00 bits per heavy atom. The number of alkyl halides is 3. The highest BCUT2D eigenvalue weighted by atomic mass is 19.4. The van der Waals surface area contributed by atoms with Crippen molar-refractivity contribution in [1.29, 1.82) is 5.26 Å². The zero-order chi connectivity index (χ0) is 24.2. The van der Waals surface area contributed by atoms with E-state index in [0.717, 1.165) is 17.4 Å². The van der Waals surface area contributed by atoms with Crippen molar-refractivity contribution >= 4 is 23.1 Å². The molecule has 0 radical (unpaired) electrons. The minimum absolute atomic E-state index is 0.0760. The van der Waals surface area contributed by atoms with E-state index in [4.69, 9.17) is 0 Å². The summed E-state index contributed by atoms with van der Waals surface area (Å²) in [5, 5.41) is 12.1. The first-order chi connectivity index (χ1) is 15.6. The number of nitrogens with one attached hydrogen (secondary N) is 1. The number of ether oxygens (including phenoxy) is 1. The fourth-order valence-electron chi connectivity index (χ4n) is 3.57. The Labute approximate surface area is 188 Å². The van der Waals surface area contributed by atoms with E-state index in [1.165, 1.54) is 18.2 Å². The number of carbonyl (C=O) groups is 2. The third-order valence-corrected chi connectivity index (χ3v) is 5.11. The zero-order valence-corrected chi connectivity index (χ0v) is 17.9. The van der Waals surface area contributed by atoms with Gasteiger partial charge in [-0.25, -0.2) is 0 Å². The smallest absolute Gasteiger partial charge is 0.405 e. The number of para-hydroxylation sites is 3. The SMILES string of the molecule is CN1C(=C(C#N)C(=O)CCC(=O)NCc2ccccc2OC(F)(F)F)N(C)c2ccccc21. The van der Waals surface area contributed by atoms with Gasteiger partial charge in [0.15, 0.2) is 5.78 Å². The molecule has 33 heavy (non-hydrogen) atoms. The van der Waals surface area contributed by atoms with E-state index in [2.05, 4.69) is 10.1 Å². The number of amides is 1. The molecular formula is C23H21F3N4O3. The lowest BCUT2D eigenvalue weighted by molar-refractivity contribution is -0.274. The molecule has 7 nitrogen and oxygen atoms in total. The van der Waals surface area contributed by atoms with Crippen LogP contribution in [-0.2, 0) is 16.1 Å². The standard InChI is InChI=1S/C23H21F3N4O3/c1-29-17-8-4-5-9-18(17)30(2)22(29)16(13-27)19(31)11-12-21(32)28-14-15-7-3-6-10-20(15)33-23(24,25)26/h3-10H,11-12,14H2,1-2H3,(H,28,32). The molecule has 172 valence electrons. The van der Waals surface area contributed by atoms with Gasteiger partial charge in [0.1, 0.15) is 23.2 Å². The van der Waals surface area contributed by atoms with E-state index in [1.807, 2.05) is 30.3 Å². The predicted molar refractivity (Wildman–Crippen MR) is 115 cm³/mol. The largest absolute Gasteiger partial charge is 0.573 e. The van der Waals surface area contributed by atoms with Gasteiger partial charge in [-0.2, -0.15) is 5.26 Å². The van der Waals surface area contributed by atoms with Gasteiger partial charge in [-0.3, -0.25) is 9.59 Å². The van der Waals surface area contributed by atoms with Crippen molar-refractivity contribution < 1.29 is 27.5 Å². The summed E-state index contributed by atoms with van der Waals surface area (Å²) in [6.45, 7) is -0.202. The number of rotatable bonds is 7. The van der Waals surface area contributed by atoms with Crippen LogP contribution in [0.4, 0.5) is 24.5 Å². The van der Waals surface area contributed by atoms with Gasteiger partial charge in [0.2, 0.25) is 5.91 Å². The maximum atomic E-state index is 12.7. The molecular weight excluding hydrogens is 437 g/mol. The van der Waals surface area contributed by atoms with Gasteiger partial charge in [-0.15, -0.1) is 13.2 Å². The fraction of sp³-hybridized carbons (Fsp3) is 0.261. The van der Waals surface area contributed by atoms with Crippen LogP contribution in [0.2, 0.25) is 0 Å². The van der Waals surface area contributed by atoms with Crippen LogP contribution >= 0.6 is 0 Å². The zero-order valence-electron chi connectivity index (χ0n) is 17.9. The van der Waals surface area contributed by atoms with Gasteiger partial charge in [0.25, 0.3) is 0 Å². The first-order valence-electron chi connectivity index (χ1n) is 9.96. The number of allylic oxidation sites excluding steroid dienone is 1. The topological polar surface area (TPSA) is 85.7 Å². The molecule has 0 unspecified atom stereocenters. The third-order valence-electron chi connectivity index (χ3n) is 5.11. The molecule has 0 spiro atoms. The summed E-state index contributed by atoms with van der Waals surface area (Å²) in [6, 6.07) is 14.8. The number of halogens is 3. The van der Waals surface area contributed by atoms with Crippen molar-refractivity contribution in [3.05, 3.63) is 65.5 Å². The van der Waals surface area contributed by atoms with Crippen LogP contribution in [0.1, 0.15) is 18.4 Å². The molecule has 0 fully saturated rings. The van der Waals surface area contributed by atoms with Crippen LogP contribution in [0.3, 0.4) is 0 Å². The van der Waals surface area contributed by atoms with Crippen LogP contribution in [0.15, 0.2) is 59.9 Å². The minimum Gasteiger partial charge on any atom is -0.405 e. The van der Waals surface area contributed by atoms with E-state index in [0.29, 0.717) is 5.82 Å². The Morgan fingerprint density at radius 2 is 1.58 bits per heavy atom. The number of carbonyl (C=O) groups excluding carboxylic acids is 2. The number of fused-ring (bicyclic) bond motifs is 1. The molecule has 1 N–H and O–H groups in total. The average molecular weight is 458 g/mol. The summed E-state index contributed by atoms with van der Waals surface area (Å²) in [6.07, 6.45) is -5.30. The van der Waals surface area contributed by atoms with Crippen LogP contribution in [0.25, 0.3) is 0 Å². The molecule has 1 heterocycles. The third kappa shape index (κ3) is 5.44. The van der Waals surface area contributed by atoms with Gasteiger partial charge in [-0.1, -0.05) is 30.3 Å². The summed E-state index contributed by atoms with van der Waals surface area (Å²) in [7, 11) is 3.49. The number of benzene rings is 2. The van der Waals surface area contributed by atoms with Gasteiger partial charge < -0.3 is 19.9 Å². The van der Waals surface area contributed by atoms with Crippen molar-refractivity contribution in [1.82, 2.24) is 5.32 Å².